The van der Waals surface area contributed by atoms with Gasteiger partial charge in [0.2, 0.25) is 5.88 Å². The van der Waals surface area contributed by atoms with Crippen LogP contribution in [0.25, 0.3) is 22.3 Å². The van der Waals surface area contributed by atoms with Gasteiger partial charge in [0, 0.05) is 18.1 Å². The average molecular weight is 467 g/mol. The summed E-state index contributed by atoms with van der Waals surface area (Å²) in [5.74, 6) is 0.547. The predicted octanol–water partition coefficient (Wildman–Crippen LogP) is 6.37. The van der Waals surface area contributed by atoms with Crippen LogP contribution in [0, 0.1) is 26.4 Å². The minimum atomic E-state index is -0.703. The molecule has 2 aromatic carbocycles. The van der Waals surface area contributed by atoms with E-state index in [-0.39, 0.29) is 18.7 Å². The van der Waals surface area contributed by atoms with Crippen LogP contribution in [0.1, 0.15) is 31.0 Å². The van der Waals surface area contributed by atoms with Crippen LogP contribution in [-0.2, 0) is 4.74 Å². The first kappa shape index (κ1) is 24.1. The highest BCUT2D eigenvalue weighted by molar-refractivity contribution is 6.30. The Morgan fingerprint density at radius 2 is 1.76 bits per heavy atom. The molecule has 0 bridgehead atoms. The maximum atomic E-state index is 11.8. The average Bonchev–Trinajstić information content (AvgIpc) is 3.08. The van der Waals surface area contributed by atoms with Gasteiger partial charge in [-0.05, 0) is 67.6 Å². The number of aryl methyl sites for hydroxylation is 2. The lowest BCUT2D eigenvalue weighted by Gasteiger charge is -2.17. The molecule has 0 saturated carbocycles. The van der Waals surface area contributed by atoms with E-state index < -0.39 is 6.09 Å². The minimum absolute atomic E-state index is 0.000752. The molecule has 0 unspecified atom stereocenters. The molecule has 0 spiro atoms. The Bertz CT molecular complexity index is 1180. The van der Waals surface area contributed by atoms with Gasteiger partial charge in [-0.25, -0.2) is 4.79 Å². The molecule has 1 N–H and O–H groups in total. The fourth-order valence-electron chi connectivity index (χ4n) is 3.74. The zero-order chi connectivity index (χ0) is 24.3. The van der Waals surface area contributed by atoms with E-state index >= 15 is 0 Å². The van der Waals surface area contributed by atoms with Crippen LogP contribution in [0.2, 0.25) is 5.02 Å². The fourth-order valence-corrected chi connectivity index (χ4v) is 3.87. The summed E-state index contributed by atoms with van der Waals surface area (Å²) < 4.78 is 12.2. The number of hydrogen-bond donors (Lipinski definition) is 1. The molecule has 0 radical (unpaired) electrons. The van der Waals surface area contributed by atoms with Crippen molar-refractivity contribution >= 4 is 17.7 Å². The van der Waals surface area contributed by atoms with Gasteiger partial charge >= 0.3 is 6.09 Å². The van der Waals surface area contributed by atoms with E-state index in [1.54, 1.807) is 10.8 Å². The summed E-state index contributed by atoms with van der Waals surface area (Å²) in [5, 5.41) is 11.8. The molecule has 0 aliphatic rings. The molecule has 7 heteroatoms. The maximum absolute atomic E-state index is 11.8. The number of carbonyl (C=O) groups is 1. The second kappa shape index (κ2) is 9.93. The summed E-state index contributed by atoms with van der Waals surface area (Å²) in [6.45, 7) is 7.82. The van der Waals surface area contributed by atoms with Crippen molar-refractivity contribution in [2.45, 2.75) is 33.7 Å². The van der Waals surface area contributed by atoms with E-state index in [0.29, 0.717) is 16.3 Å². The van der Waals surface area contributed by atoms with Gasteiger partial charge < -0.3 is 19.1 Å². The second-order valence-corrected chi connectivity index (χ2v) is 8.58. The van der Waals surface area contributed by atoms with E-state index in [4.69, 9.17) is 22.8 Å². The van der Waals surface area contributed by atoms with Crippen molar-refractivity contribution in [1.29, 1.82) is 0 Å². The Morgan fingerprint density at radius 3 is 2.30 bits per heavy atom. The zero-order valence-electron chi connectivity index (χ0n) is 19.3. The van der Waals surface area contributed by atoms with Crippen LogP contribution in [0.4, 0.5) is 4.79 Å². The molecule has 3 aromatic rings. The monoisotopic (exact) mass is 466 g/mol. The van der Waals surface area contributed by atoms with Crippen LogP contribution in [0.5, 0.6) is 11.6 Å². The van der Waals surface area contributed by atoms with Crippen molar-refractivity contribution in [2.75, 3.05) is 13.8 Å². The van der Waals surface area contributed by atoms with Gasteiger partial charge in [-0.2, -0.15) is 0 Å². The highest BCUT2D eigenvalue weighted by atomic mass is 35.5. The summed E-state index contributed by atoms with van der Waals surface area (Å²) in [6.07, 6.45) is 7.91. The number of nitrogens with zero attached hydrogens (tertiary/aromatic N) is 2. The van der Waals surface area contributed by atoms with Gasteiger partial charge in [0.1, 0.15) is 6.11 Å². The number of amides is 1. The Balaban J connectivity index is 2.05. The highest BCUT2D eigenvalue weighted by Gasteiger charge is 2.24. The lowest BCUT2D eigenvalue weighted by atomic mass is 9.92. The molecule has 1 amide bonds. The molecule has 0 aliphatic carbocycles. The lowest BCUT2D eigenvalue weighted by Crippen LogP contribution is -2.30. The predicted molar refractivity (Wildman–Crippen MR) is 130 cm³/mol. The van der Waals surface area contributed by atoms with Crippen molar-refractivity contribution in [3.8, 4) is 46.4 Å². The Labute approximate surface area is 199 Å². The molecular weight excluding hydrogens is 440 g/mol. The van der Waals surface area contributed by atoms with Crippen LogP contribution in [-0.4, -0.2) is 34.4 Å². The SMILES string of the molecule is C#COC(=O)N(C)COc1cn(C(C)C)c(O)c1-c1c(C)cc(-c2ccc(Cl)cc2)cc1C. The molecule has 6 nitrogen and oxygen atoms in total. The molecule has 0 fully saturated rings. The normalized spacial score (nSPS) is 10.7. The Hall–Kier alpha value is -3.56. The maximum Gasteiger partial charge on any atom is 0.426 e. The number of ether oxygens (including phenoxy) is 2. The largest absolute Gasteiger partial charge is 0.494 e. The third kappa shape index (κ3) is 5.10. The molecule has 33 heavy (non-hydrogen) atoms. The molecule has 0 atom stereocenters. The lowest BCUT2D eigenvalue weighted by molar-refractivity contribution is 0.113. The first-order valence-electron chi connectivity index (χ1n) is 10.5. The molecule has 172 valence electrons. The number of carbonyl (C=O) groups excluding carboxylic acids is 1. The number of aromatic nitrogens is 1. The van der Waals surface area contributed by atoms with E-state index in [0.717, 1.165) is 27.8 Å². The highest BCUT2D eigenvalue weighted by Crippen LogP contribution is 2.45. The summed E-state index contributed by atoms with van der Waals surface area (Å²) in [4.78, 5) is 13.0. The van der Waals surface area contributed by atoms with Crippen molar-refractivity contribution in [2.24, 2.45) is 0 Å². The number of halogens is 1. The molecule has 3 rings (SSSR count). The molecular formula is C26H27ClN2O4. The molecule has 0 aliphatic heterocycles. The first-order chi connectivity index (χ1) is 15.6. The van der Waals surface area contributed by atoms with Crippen LogP contribution in [0.3, 0.4) is 0 Å². The van der Waals surface area contributed by atoms with Gasteiger partial charge in [-0.1, -0.05) is 42.3 Å². The standard InChI is InChI=1S/C26H27ClN2O4/c1-7-32-26(31)28(6)15-33-22-14-29(16(2)3)25(30)24(22)23-17(4)12-20(13-18(23)5)19-8-10-21(27)11-9-19/h1,8-14,16,30H,15H2,2-6H3. The number of aromatic hydroxyl groups is 1. The molecule has 1 aromatic heterocycles. The van der Waals surface area contributed by atoms with Crippen molar-refractivity contribution in [3.63, 3.8) is 0 Å². The number of benzene rings is 2. The molecule has 0 saturated heterocycles. The van der Waals surface area contributed by atoms with Gasteiger partial charge in [0.25, 0.3) is 0 Å². The summed E-state index contributed by atoms with van der Waals surface area (Å²) in [5.41, 5.74) is 5.48. The smallest absolute Gasteiger partial charge is 0.426 e. The fraction of sp³-hybridized carbons (Fsp3) is 0.269. The van der Waals surface area contributed by atoms with E-state index in [1.807, 2.05) is 58.1 Å². The quantitative estimate of drug-likeness (QED) is 0.338. The van der Waals surface area contributed by atoms with Gasteiger partial charge in [-0.3, -0.25) is 4.90 Å². The van der Waals surface area contributed by atoms with Crippen molar-refractivity contribution in [3.05, 3.63) is 58.7 Å². The first-order valence-corrected chi connectivity index (χ1v) is 10.8. The number of terminal acetylenes is 1. The Kier molecular flexibility index (Phi) is 7.25. The van der Waals surface area contributed by atoms with Crippen LogP contribution >= 0.6 is 11.6 Å². The second-order valence-electron chi connectivity index (χ2n) is 8.14. The number of rotatable bonds is 6. The van der Waals surface area contributed by atoms with E-state index in [9.17, 15) is 9.90 Å². The van der Waals surface area contributed by atoms with E-state index in [2.05, 4.69) is 16.9 Å². The summed E-state index contributed by atoms with van der Waals surface area (Å²) in [7, 11) is 1.51. The summed E-state index contributed by atoms with van der Waals surface area (Å²) in [6, 6.07) is 11.8. The van der Waals surface area contributed by atoms with Gasteiger partial charge in [0.15, 0.2) is 12.5 Å². The third-order valence-electron chi connectivity index (χ3n) is 5.36. The van der Waals surface area contributed by atoms with Crippen LogP contribution in [0.15, 0.2) is 42.6 Å². The van der Waals surface area contributed by atoms with E-state index in [1.165, 1.54) is 11.9 Å². The van der Waals surface area contributed by atoms with Crippen LogP contribution < -0.4 is 4.74 Å². The van der Waals surface area contributed by atoms with Crippen molar-refractivity contribution < 1.29 is 19.4 Å². The Morgan fingerprint density at radius 1 is 1.15 bits per heavy atom. The third-order valence-corrected chi connectivity index (χ3v) is 5.61. The van der Waals surface area contributed by atoms with Gasteiger partial charge in [-0.15, -0.1) is 0 Å². The summed E-state index contributed by atoms with van der Waals surface area (Å²) >= 11 is 6.03. The van der Waals surface area contributed by atoms with Crippen molar-refractivity contribution in [1.82, 2.24) is 9.47 Å². The van der Waals surface area contributed by atoms with Gasteiger partial charge in [0.05, 0.1) is 11.8 Å². The minimum Gasteiger partial charge on any atom is -0.494 e. The topological polar surface area (TPSA) is 63.9 Å². The zero-order valence-corrected chi connectivity index (χ0v) is 20.1. The molecule has 1 heterocycles. The number of hydrogen-bond acceptors (Lipinski definition) is 4.